The van der Waals surface area contributed by atoms with Gasteiger partial charge in [0, 0.05) is 32.7 Å². The number of hydrogen-bond donors (Lipinski definition) is 0. The van der Waals surface area contributed by atoms with E-state index in [0.717, 1.165) is 36.1 Å². The van der Waals surface area contributed by atoms with Gasteiger partial charge in [-0.3, -0.25) is 9.69 Å². The van der Waals surface area contributed by atoms with Gasteiger partial charge in [-0.25, -0.2) is 9.37 Å². The molecule has 1 aromatic heterocycles. The van der Waals surface area contributed by atoms with Crippen LogP contribution in [-0.2, 0) is 13.2 Å². The van der Waals surface area contributed by atoms with Crippen molar-refractivity contribution in [3.8, 4) is 11.5 Å². The molecule has 4 rings (SSSR count). The number of carbonyl (C=O) groups is 1. The lowest BCUT2D eigenvalue weighted by Crippen LogP contribution is -2.48. The average molecular weight is 456 g/mol. The minimum atomic E-state index is -0.306. The number of carbonyl (C=O) groups excluding carboxylic acids is 1. The Labute approximate surface area is 191 Å². The Hall–Kier alpha value is -2.97. The smallest absolute Gasteiger partial charge is 0.265 e. The molecule has 0 spiro atoms. The third-order valence-corrected chi connectivity index (χ3v) is 6.55. The molecule has 0 saturated carbocycles. The third-order valence-electron chi connectivity index (χ3n) is 5.44. The van der Waals surface area contributed by atoms with Crippen LogP contribution in [0.15, 0.2) is 48.5 Å². The Kier molecular flexibility index (Phi) is 7.02. The topological polar surface area (TPSA) is 54.9 Å². The number of aryl methyl sites for hydroxylation is 1. The Balaban J connectivity index is 1.30. The van der Waals surface area contributed by atoms with E-state index in [-0.39, 0.29) is 18.3 Å². The first-order valence-corrected chi connectivity index (χ1v) is 11.3. The van der Waals surface area contributed by atoms with Gasteiger partial charge in [0.1, 0.15) is 33.8 Å². The first kappa shape index (κ1) is 22.2. The molecule has 1 fully saturated rings. The summed E-state index contributed by atoms with van der Waals surface area (Å²) < 4.78 is 23.9. The lowest BCUT2D eigenvalue weighted by Gasteiger charge is -2.34. The number of halogens is 1. The van der Waals surface area contributed by atoms with Crippen molar-refractivity contribution < 1.29 is 18.7 Å². The van der Waals surface area contributed by atoms with Crippen LogP contribution >= 0.6 is 11.3 Å². The molecule has 2 aromatic carbocycles. The van der Waals surface area contributed by atoms with Crippen LogP contribution in [0.5, 0.6) is 11.5 Å². The molecule has 0 bridgehead atoms. The molecular formula is C24H26FN3O3S. The van der Waals surface area contributed by atoms with E-state index in [1.807, 2.05) is 24.0 Å². The second kappa shape index (κ2) is 10.1. The highest BCUT2D eigenvalue weighted by atomic mass is 32.1. The summed E-state index contributed by atoms with van der Waals surface area (Å²) in [6.07, 6.45) is 0. The number of benzene rings is 2. The molecule has 6 nitrogen and oxygen atoms in total. The van der Waals surface area contributed by atoms with Gasteiger partial charge < -0.3 is 14.4 Å². The number of amides is 1. The van der Waals surface area contributed by atoms with Crippen LogP contribution in [0.25, 0.3) is 0 Å². The van der Waals surface area contributed by atoms with E-state index in [9.17, 15) is 9.18 Å². The Bertz CT molecular complexity index is 1050. The lowest BCUT2D eigenvalue weighted by atomic mass is 10.2. The summed E-state index contributed by atoms with van der Waals surface area (Å²) >= 11 is 1.36. The van der Waals surface area contributed by atoms with E-state index in [1.165, 1.54) is 29.0 Å². The molecule has 1 aliphatic heterocycles. The summed E-state index contributed by atoms with van der Waals surface area (Å²) in [6.45, 7) is 6.00. The SMILES string of the molecule is COc1ccc(CN2CCN(C(=O)c3sc(COc4ccc(F)cc4)nc3C)CC2)cc1. The number of piperazine rings is 1. The first-order valence-electron chi connectivity index (χ1n) is 10.5. The van der Waals surface area contributed by atoms with Crippen molar-refractivity contribution in [2.75, 3.05) is 33.3 Å². The van der Waals surface area contributed by atoms with Gasteiger partial charge in [0.05, 0.1) is 12.8 Å². The molecule has 0 radical (unpaired) electrons. The molecule has 1 aliphatic rings. The fraction of sp³-hybridized carbons (Fsp3) is 0.333. The number of ether oxygens (including phenoxy) is 2. The van der Waals surface area contributed by atoms with Crippen LogP contribution in [-0.4, -0.2) is 54.0 Å². The van der Waals surface area contributed by atoms with E-state index in [4.69, 9.17) is 9.47 Å². The van der Waals surface area contributed by atoms with Crippen molar-refractivity contribution in [3.05, 3.63) is 75.5 Å². The standard InChI is InChI=1S/C24H26FN3O3S/c1-17-23(32-22(26-17)16-31-21-9-5-19(25)6-10-21)24(29)28-13-11-27(12-14-28)15-18-3-7-20(30-2)8-4-18/h3-10H,11-16H2,1-2H3. The third kappa shape index (κ3) is 5.44. The molecule has 168 valence electrons. The molecular weight excluding hydrogens is 429 g/mol. The van der Waals surface area contributed by atoms with Crippen LogP contribution in [0, 0.1) is 12.7 Å². The summed E-state index contributed by atoms with van der Waals surface area (Å²) in [5, 5.41) is 0.730. The van der Waals surface area contributed by atoms with E-state index < -0.39 is 0 Å². The molecule has 0 atom stereocenters. The van der Waals surface area contributed by atoms with Gasteiger partial charge in [0.2, 0.25) is 0 Å². The van der Waals surface area contributed by atoms with Crippen molar-refractivity contribution >= 4 is 17.2 Å². The molecule has 32 heavy (non-hydrogen) atoms. The second-order valence-corrected chi connectivity index (χ2v) is 8.76. The minimum Gasteiger partial charge on any atom is -0.497 e. The Morgan fingerprint density at radius 2 is 1.69 bits per heavy atom. The van der Waals surface area contributed by atoms with Crippen molar-refractivity contribution in [1.29, 1.82) is 0 Å². The molecule has 3 aromatic rings. The predicted octanol–water partition coefficient (Wildman–Crippen LogP) is 4.14. The van der Waals surface area contributed by atoms with Crippen LogP contribution in [0.4, 0.5) is 4.39 Å². The fourth-order valence-electron chi connectivity index (χ4n) is 3.63. The molecule has 1 amide bonds. The summed E-state index contributed by atoms with van der Waals surface area (Å²) in [5.74, 6) is 1.14. The van der Waals surface area contributed by atoms with Crippen molar-refractivity contribution in [3.63, 3.8) is 0 Å². The summed E-state index contributed by atoms with van der Waals surface area (Å²) in [6, 6.07) is 14.0. The largest absolute Gasteiger partial charge is 0.497 e. The van der Waals surface area contributed by atoms with Crippen LogP contribution in [0.2, 0.25) is 0 Å². The van der Waals surface area contributed by atoms with Gasteiger partial charge in [-0.15, -0.1) is 11.3 Å². The van der Waals surface area contributed by atoms with Gasteiger partial charge in [-0.05, 0) is 48.9 Å². The van der Waals surface area contributed by atoms with Crippen molar-refractivity contribution in [2.24, 2.45) is 0 Å². The molecule has 0 aliphatic carbocycles. The zero-order valence-corrected chi connectivity index (χ0v) is 19.0. The van der Waals surface area contributed by atoms with E-state index in [2.05, 4.69) is 22.0 Å². The van der Waals surface area contributed by atoms with Gasteiger partial charge in [0.25, 0.3) is 5.91 Å². The average Bonchev–Trinajstić information content (AvgIpc) is 3.19. The Morgan fingerprint density at radius 1 is 1.03 bits per heavy atom. The lowest BCUT2D eigenvalue weighted by molar-refractivity contribution is 0.0632. The highest BCUT2D eigenvalue weighted by molar-refractivity contribution is 7.13. The van der Waals surface area contributed by atoms with Gasteiger partial charge >= 0.3 is 0 Å². The van der Waals surface area contributed by atoms with Crippen molar-refractivity contribution in [2.45, 2.75) is 20.1 Å². The normalized spacial score (nSPS) is 14.4. The quantitative estimate of drug-likeness (QED) is 0.536. The van der Waals surface area contributed by atoms with Gasteiger partial charge in [-0.2, -0.15) is 0 Å². The van der Waals surface area contributed by atoms with Gasteiger partial charge in [-0.1, -0.05) is 12.1 Å². The predicted molar refractivity (Wildman–Crippen MR) is 122 cm³/mol. The Morgan fingerprint density at radius 3 is 2.34 bits per heavy atom. The monoisotopic (exact) mass is 455 g/mol. The van der Waals surface area contributed by atoms with E-state index in [0.29, 0.717) is 23.7 Å². The fourth-order valence-corrected chi connectivity index (χ4v) is 4.58. The summed E-state index contributed by atoms with van der Waals surface area (Å²) in [4.78, 5) is 22.5. The molecule has 8 heteroatoms. The summed E-state index contributed by atoms with van der Waals surface area (Å²) in [5.41, 5.74) is 1.95. The maximum Gasteiger partial charge on any atom is 0.265 e. The zero-order valence-electron chi connectivity index (χ0n) is 18.2. The molecule has 1 saturated heterocycles. The molecule has 0 N–H and O–H groups in total. The highest BCUT2D eigenvalue weighted by Gasteiger charge is 2.25. The van der Waals surface area contributed by atoms with Crippen LogP contribution in [0.1, 0.15) is 25.9 Å². The maximum atomic E-state index is 13.1. The van der Waals surface area contributed by atoms with E-state index in [1.54, 1.807) is 19.2 Å². The minimum absolute atomic E-state index is 0.0251. The van der Waals surface area contributed by atoms with Crippen LogP contribution in [0.3, 0.4) is 0 Å². The molecule has 2 heterocycles. The summed E-state index contributed by atoms with van der Waals surface area (Å²) in [7, 11) is 1.66. The zero-order chi connectivity index (χ0) is 22.5. The first-order chi connectivity index (χ1) is 15.5. The van der Waals surface area contributed by atoms with Crippen LogP contribution < -0.4 is 9.47 Å². The van der Waals surface area contributed by atoms with Crippen molar-refractivity contribution in [1.82, 2.24) is 14.8 Å². The number of rotatable bonds is 7. The maximum absolute atomic E-state index is 13.1. The number of aromatic nitrogens is 1. The van der Waals surface area contributed by atoms with Gasteiger partial charge in [0.15, 0.2) is 0 Å². The number of methoxy groups -OCH3 is 1. The second-order valence-electron chi connectivity index (χ2n) is 7.68. The number of thiazole rings is 1. The number of nitrogens with zero attached hydrogens (tertiary/aromatic N) is 3. The molecule has 0 unspecified atom stereocenters. The van der Waals surface area contributed by atoms with E-state index >= 15 is 0 Å². The highest BCUT2D eigenvalue weighted by Crippen LogP contribution is 2.23. The number of hydrogen-bond acceptors (Lipinski definition) is 6.